The summed E-state index contributed by atoms with van der Waals surface area (Å²) in [6, 6.07) is 7.48. The van der Waals surface area contributed by atoms with Crippen molar-refractivity contribution in [2.75, 3.05) is 6.54 Å². The van der Waals surface area contributed by atoms with Gasteiger partial charge in [-0.2, -0.15) is 0 Å². The fourth-order valence-electron chi connectivity index (χ4n) is 1.43. The molecule has 18 heavy (non-hydrogen) atoms. The van der Waals surface area contributed by atoms with Crippen LogP contribution in [0, 0.1) is 0 Å². The van der Waals surface area contributed by atoms with Gasteiger partial charge in [0.1, 0.15) is 0 Å². The van der Waals surface area contributed by atoms with Crippen molar-refractivity contribution in [2.45, 2.75) is 36.6 Å². The van der Waals surface area contributed by atoms with Gasteiger partial charge in [0, 0.05) is 0 Å². The van der Waals surface area contributed by atoms with Gasteiger partial charge in [0.05, 0.1) is 0 Å². The first-order chi connectivity index (χ1) is 8.38. The van der Waals surface area contributed by atoms with Crippen LogP contribution >= 0.6 is 15.9 Å². The van der Waals surface area contributed by atoms with Crippen LogP contribution in [0.2, 0.25) is 9.41 Å². The Bertz CT molecular complexity index is 401. The minimum absolute atomic E-state index is 0.0170. The van der Waals surface area contributed by atoms with Gasteiger partial charge in [-0.1, -0.05) is 0 Å². The SMILES string of the molecule is CC(C)(C)[As]CCCNC(=O)c1cccc(Br)c1. The summed E-state index contributed by atoms with van der Waals surface area (Å²) in [5.74, 6) is 0.0170. The van der Waals surface area contributed by atoms with E-state index in [2.05, 4.69) is 42.0 Å². The summed E-state index contributed by atoms with van der Waals surface area (Å²) in [7, 11) is 0. The van der Waals surface area contributed by atoms with Gasteiger partial charge < -0.3 is 0 Å². The molecule has 4 heteroatoms. The zero-order chi connectivity index (χ0) is 13.6. The summed E-state index contributed by atoms with van der Waals surface area (Å²) in [4.78, 5) is 11.8. The average Bonchev–Trinajstić information content (AvgIpc) is 2.26. The first-order valence-electron chi connectivity index (χ1n) is 6.11. The Morgan fingerprint density at radius 3 is 2.72 bits per heavy atom. The van der Waals surface area contributed by atoms with Crippen molar-refractivity contribution >= 4 is 37.6 Å². The molecule has 0 saturated heterocycles. The molecule has 1 radical (unpaired) electrons. The van der Waals surface area contributed by atoms with E-state index in [-0.39, 0.29) is 5.91 Å². The van der Waals surface area contributed by atoms with Crippen LogP contribution in [0.4, 0.5) is 0 Å². The summed E-state index contributed by atoms with van der Waals surface area (Å²) in [5.41, 5.74) is 0.716. The maximum absolute atomic E-state index is 11.8. The number of nitrogens with one attached hydrogen (secondary N) is 1. The van der Waals surface area contributed by atoms with E-state index in [0.29, 0.717) is 25.5 Å². The molecular weight excluding hydrogens is 353 g/mol. The Morgan fingerprint density at radius 2 is 2.11 bits per heavy atom. The summed E-state index contributed by atoms with van der Waals surface area (Å²) in [6.45, 7) is 7.63. The van der Waals surface area contributed by atoms with Gasteiger partial charge >= 0.3 is 125 Å². The molecule has 0 atom stereocenters. The van der Waals surface area contributed by atoms with Gasteiger partial charge in [-0.05, 0) is 0 Å². The molecule has 0 unspecified atom stereocenters. The number of amides is 1. The minimum atomic E-state index is 0.0170. The molecule has 0 aromatic heterocycles. The van der Waals surface area contributed by atoms with Crippen LogP contribution in [-0.4, -0.2) is 28.2 Å². The molecule has 0 aliphatic rings. The molecular formula is C14H20AsBrNO. The fourth-order valence-corrected chi connectivity index (χ4v) is 3.90. The van der Waals surface area contributed by atoms with Gasteiger partial charge in [0.25, 0.3) is 0 Å². The quantitative estimate of drug-likeness (QED) is 0.616. The molecule has 1 rings (SSSR count). The van der Waals surface area contributed by atoms with Crippen LogP contribution in [0.15, 0.2) is 28.7 Å². The van der Waals surface area contributed by atoms with Crippen molar-refractivity contribution in [2.24, 2.45) is 0 Å². The summed E-state index contributed by atoms with van der Waals surface area (Å²) >= 11 is 3.74. The average molecular weight is 373 g/mol. The molecule has 0 aliphatic carbocycles. The molecule has 99 valence electrons. The van der Waals surface area contributed by atoms with Crippen molar-refractivity contribution in [3.8, 4) is 0 Å². The number of carbonyl (C=O) groups is 1. The van der Waals surface area contributed by atoms with Crippen molar-refractivity contribution in [3.63, 3.8) is 0 Å². The van der Waals surface area contributed by atoms with Crippen molar-refractivity contribution in [1.29, 1.82) is 0 Å². The van der Waals surface area contributed by atoms with Gasteiger partial charge in [-0.15, -0.1) is 0 Å². The zero-order valence-electron chi connectivity index (χ0n) is 11.2. The van der Waals surface area contributed by atoms with Crippen LogP contribution in [0.1, 0.15) is 37.6 Å². The molecule has 1 aromatic carbocycles. The second-order valence-electron chi connectivity index (χ2n) is 5.17. The maximum atomic E-state index is 11.8. The van der Waals surface area contributed by atoms with E-state index in [0.717, 1.165) is 17.4 Å². The van der Waals surface area contributed by atoms with Crippen molar-refractivity contribution in [3.05, 3.63) is 34.3 Å². The Labute approximate surface area is 125 Å². The molecule has 0 heterocycles. The van der Waals surface area contributed by atoms with Crippen LogP contribution in [0.3, 0.4) is 0 Å². The van der Waals surface area contributed by atoms with Gasteiger partial charge in [-0.3, -0.25) is 0 Å². The normalized spacial score (nSPS) is 12.0. The second-order valence-corrected chi connectivity index (χ2v) is 10.5. The molecule has 1 amide bonds. The van der Waals surface area contributed by atoms with E-state index >= 15 is 0 Å². The molecule has 0 fully saturated rings. The van der Waals surface area contributed by atoms with E-state index in [1.807, 2.05) is 24.3 Å². The molecule has 1 aromatic rings. The van der Waals surface area contributed by atoms with Crippen molar-refractivity contribution < 1.29 is 4.79 Å². The van der Waals surface area contributed by atoms with E-state index in [1.165, 1.54) is 5.21 Å². The Kier molecular flexibility index (Phi) is 6.45. The van der Waals surface area contributed by atoms with E-state index in [1.54, 1.807) is 0 Å². The number of carbonyl (C=O) groups excluding carboxylic acids is 1. The molecule has 0 bridgehead atoms. The fraction of sp³-hybridized carbons (Fsp3) is 0.500. The standard InChI is InChI=1S/C14H20AsBrNO/c1-14(2,3)15-8-5-9-17-13(18)11-6-4-7-12(16)10-11/h4,6-7,10H,5,8-9H2,1-3H3,(H,17,18). The third kappa shape index (κ3) is 6.60. The number of benzene rings is 1. The predicted molar refractivity (Wildman–Crippen MR) is 81.4 cm³/mol. The number of halogens is 1. The van der Waals surface area contributed by atoms with E-state index < -0.39 is 0 Å². The Morgan fingerprint density at radius 1 is 1.39 bits per heavy atom. The molecule has 0 saturated carbocycles. The zero-order valence-corrected chi connectivity index (χ0v) is 14.6. The Balaban J connectivity index is 2.26. The predicted octanol–water partition coefficient (Wildman–Crippen LogP) is 3.91. The summed E-state index contributed by atoms with van der Waals surface area (Å²) < 4.78 is 1.41. The van der Waals surface area contributed by atoms with Gasteiger partial charge in [0.15, 0.2) is 0 Å². The summed E-state index contributed by atoms with van der Waals surface area (Å²) in [6.07, 6.45) is 1.08. The number of hydrogen-bond acceptors (Lipinski definition) is 1. The van der Waals surface area contributed by atoms with Gasteiger partial charge in [-0.25, -0.2) is 0 Å². The van der Waals surface area contributed by atoms with E-state index in [4.69, 9.17) is 0 Å². The van der Waals surface area contributed by atoms with Crippen LogP contribution in [0.5, 0.6) is 0 Å². The monoisotopic (exact) mass is 372 g/mol. The number of hydrogen-bond donors (Lipinski definition) is 1. The Hall–Kier alpha value is -0.272. The molecule has 0 spiro atoms. The van der Waals surface area contributed by atoms with Crippen LogP contribution < -0.4 is 5.32 Å². The third-order valence-electron chi connectivity index (χ3n) is 2.29. The van der Waals surface area contributed by atoms with Crippen LogP contribution in [-0.2, 0) is 0 Å². The molecule has 1 N–H and O–H groups in total. The third-order valence-corrected chi connectivity index (χ3v) is 5.91. The van der Waals surface area contributed by atoms with Crippen LogP contribution in [0.25, 0.3) is 0 Å². The summed E-state index contributed by atoms with van der Waals surface area (Å²) in [5, 5.41) is 4.22. The molecule has 0 aliphatic heterocycles. The topological polar surface area (TPSA) is 29.1 Å². The first kappa shape index (κ1) is 15.8. The first-order valence-corrected chi connectivity index (χ1v) is 9.17. The van der Waals surface area contributed by atoms with E-state index in [9.17, 15) is 4.79 Å². The van der Waals surface area contributed by atoms with Gasteiger partial charge in [0.2, 0.25) is 0 Å². The molecule has 2 nitrogen and oxygen atoms in total. The van der Waals surface area contributed by atoms with Crippen molar-refractivity contribution in [1.82, 2.24) is 5.32 Å². The number of rotatable bonds is 5. The second kappa shape index (κ2) is 7.35.